The van der Waals surface area contributed by atoms with E-state index in [1.54, 1.807) is 0 Å². The standard InChI is InChI=1S/C18H26O3/c1-4-18(3)12-15(9-10-21-18)16(11-17(19)20)14-7-5-13(2)6-8-14/h5-8,15-16H,4,9-12H2,1-3H3,(H,19,20)/p-1/t15-,16+,18+/m1/s1. The Kier molecular flexibility index (Phi) is 5.04. The van der Waals surface area contributed by atoms with Gasteiger partial charge in [-0.05, 0) is 56.9 Å². The van der Waals surface area contributed by atoms with Crippen molar-refractivity contribution in [3.8, 4) is 0 Å². The van der Waals surface area contributed by atoms with Crippen LogP contribution in [0.4, 0.5) is 0 Å². The molecule has 0 aliphatic carbocycles. The molecular weight excluding hydrogens is 264 g/mol. The zero-order valence-corrected chi connectivity index (χ0v) is 13.2. The van der Waals surface area contributed by atoms with Gasteiger partial charge in [0.1, 0.15) is 0 Å². The van der Waals surface area contributed by atoms with Gasteiger partial charge in [-0.1, -0.05) is 36.8 Å². The molecule has 3 atom stereocenters. The fourth-order valence-corrected chi connectivity index (χ4v) is 3.31. The van der Waals surface area contributed by atoms with E-state index in [1.165, 1.54) is 5.56 Å². The van der Waals surface area contributed by atoms with Crippen LogP contribution in [0.5, 0.6) is 0 Å². The average molecular weight is 289 g/mol. The van der Waals surface area contributed by atoms with Crippen molar-refractivity contribution in [1.29, 1.82) is 0 Å². The lowest BCUT2D eigenvalue weighted by Gasteiger charge is -2.41. The third-order valence-corrected chi connectivity index (χ3v) is 4.84. The van der Waals surface area contributed by atoms with E-state index in [1.807, 2.05) is 6.92 Å². The monoisotopic (exact) mass is 289 g/mol. The highest BCUT2D eigenvalue weighted by atomic mass is 16.5. The molecule has 1 saturated heterocycles. The van der Waals surface area contributed by atoms with Crippen molar-refractivity contribution in [3.05, 3.63) is 35.4 Å². The van der Waals surface area contributed by atoms with Gasteiger partial charge in [0.15, 0.2) is 0 Å². The Morgan fingerprint density at radius 3 is 2.67 bits per heavy atom. The summed E-state index contributed by atoms with van der Waals surface area (Å²) in [5, 5.41) is 11.2. The van der Waals surface area contributed by atoms with Gasteiger partial charge in [0, 0.05) is 12.6 Å². The zero-order chi connectivity index (χ0) is 15.5. The number of carbonyl (C=O) groups is 1. The summed E-state index contributed by atoms with van der Waals surface area (Å²) >= 11 is 0. The third kappa shape index (κ3) is 4.07. The highest BCUT2D eigenvalue weighted by Gasteiger charge is 2.35. The quantitative estimate of drug-likeness (QED) is 0.837. The van der Waals surface area contributed by atoms with Crippen LogP contribution in [-0.2, 0) is 9.53 Å². The average Bonchev–Trinajstić information content (AvgIpc) is 2.46. The van der Waals surface area contributed by atoms with Crippen LogP contribution in [0, 0.1) is 12.8 Å². The first-order valence-electron chi connectivity index (χ1n) is 7.84. The lowest BCUT2D eigenvalue weighted by atomic mass is 9.74. The molecule has 0 bridgehead atoms. The predicted octanol–water partition coefficient (Wildman–Crippen LogP) is 2.81. The molecule has 1 fully saturated rings. The van der Waals surface area contributed by atoms with Gasteiger partial charge in [-0.15, -0.1) is 0 Å². The molecule has 0 unspecified atom stereocenters. The number of carboxylic acids is 1. The molecule has 21 heavy (non-hydrogen) atoms. The van der Waals surface area contributed by atoms with Crippen LogP contribution in [-0.4, -0.2) is 18.2 Å². The minimum Gasteiger partial charge on any atom is -0.550 e. The predicted molar refractivity (Wildman–Crippen MR) is 80.9 cm³/mol. The summed E-state index contributed by atoms with van der Waals surface area (Å²) < 4.78 is 5.89. The molecule has 1 aliphatic heterocycles. The molecule has 0 spiro atoms. The maximum atomic E-state index is 11.2. The second-order valence-electron chi connectivity index (χ2n) is 6.50. The molecular formula is C18H25O3-. The molecule has 0 saturated carbocycles. The number of rotatable bonds is 5. The largest absolute Gasteiger partial charge is 0.550 e. The van der Waals surface area contributed by atoms with E-state index < -0.39 is 5.97 Å². The van der Waals surface area contributed by atoms with Crippen molar-refractivity contribution in [2.75, 3.05) is 6.61 Å². The Balaban J connectivity index is 2.23. The first-order chi connectivity index (χ1) is 9.93. The van der Waals surface area contributed by atoms with Gasteiger partial charge in [0.05, 0.1) is 5.60 Å². The number of benzene rings is 1. The fraction of sp³-hybridized carbons (Fsp3) is 0.611. The molecule has 3 nitrogen and oxygen atoms in total. The molecule has 116 valence electrons. The van der Waals surface area contributed by atoms with Crippen LogP contribution in [0.15, 0.2) is 24.3 Å². The molecule has 3 heteroatoms. The van der Waals surface area contributed by atoms with Crippen molar-refractivity contribution in [3.63, 3.8) is 0 Å². The number of hydrogen-bond acceptors (Lipinski definition) is 3. The van der Waals surface area contributed by atoms with E-state index in [4.69, 9.17) is 4.74 Å². The Labute approximate surface area is 127 Å². The van der Waals surface area contributed by atoms with Crippen LogP contribution >= 0.6 is 0 Å². The summed E-state index contributed by atoms with van der Waals surface area (Å²) in [4.78, 5) is 11.2. The highest BCUT2D eigenvalue weighted by molar-refractivity contribution is 5.65. The van der Waals surface area contributed by atoms with Gasteiger partial charge in [-0.25, -0.2) is 0 Å². The van der Waals surface area contributed by atoms with Crippen LogP contribution in [0.2, 0.25) is 0 Å². The lowest BCUT2D eigenvalue weighted by molar-refractivity contribution is -0.306. The van der Waals surface area contributed by atoms with E-state index in [0.717, 1.165) is 24.8 Å². The molecule has 2 rings (SSSR count). The van der Waals surface area contributed by atoms with Gasteiger partial charge in [0.2, 0.25) is 0 Å². The van der Waals surface area contributed by atoms with Crippen molar-refractivity contribution < 1.29 is 14.6 Å². The van der Waals surface area contributed by atoms with Crippen LogP contribution in [0.1, 0.15) is 56.6 Å². The van der Waals surface area contributed by atoms with Crippen molar-refractivity contribution in [2.45, 2.75) is 58.0 Å². The Bertz CT molecular complexity index is 480. The first kappa shape index (κ1) is 16.0. The second-order valence-corrected chi connectivity index (χ2v) is 6.50. The Hall–Kier alpha value is -1.35. The number of hydrogen-bond donors (Lipinski definition) is 0. The number of ether oxygens (including phenoxy) is 1. The summed E-state index contributed by atoms with van der Waals surface area (Å²) in [5.41, 5.74) is 2.17. The molecule has 1 heterocycles. The number of aliphatic carboxylic acids is 1. The number of carboxylic acid groups (broad SMARTS) is 1. The minimum absolute atomic E-state index is 0.0189. The topological polar surface area (TPSA) is 49.4 Å². The normalized spacial score (nSPS) is 27.3. The Morgan fingerprint density at radius 1 is 1.43 bits per heavy atom. The third-order valence-electron chi connectivity index (χ3n) is 4.84. The van der Waals surface area contributed by atoms with E-state index in [9.17, 15) is 9.90 Å². The van der Waals surface area contributed by atoms with Gasteiger partial charge in [-0.2, -0.15) is 0 Å². The first-order valence-corrected chi connectivity index (χ1v) is 7.84. The molecule has 0 amide bonds. The van der Waals surface area contributed by atoms with E-state index >= 15 is 0 Å². The van der Waals surface area contributed by atoms with Crippen LogP contribution in [0.3, 0.4) is 0 Å². The fourth-order valence-electron chi connectivity index (χ4n) is 3.31. The van der Waals surface area contributed by atoms with Crippen molar-refractivity contribution in [2.24, 2.45) is 5.92 Å². The highest BCUT2D eigenvalue weighted by Crippen LogP contribution is 2.41. The molecule has 0 N–H and O–H groups in total. The summed E-state index contributed by atoms with van der Waals surface area (Å²) in [7, 11) is 0. The lowest BCUT2D eigenvalue weighted by Crippen LogP contribution is -2.39. The summed E-state index contributed by atoms with van der Waals surface area (Å²) in [6.07, 6.45) is 2.87. The van der Waals surface area contributed by atoms with E-state index in [-0.39, 0.29) is 17.9 Å². The smallest absolute Gasteiger partial charge is 0.0654 e. The number of carbonyl (C=O) groups excluding carboxylic acids is 1. The maximum Gasteiger partial charge on any atom is 0.0654 e. The molecule has 0 aromatic heterocycles. The summed E-state index contributed by atoms with van der Waals surface area (Å²) in [6, 6.07) is 8.22. The molecule has 1 aromatic rings. The van der Waals surface area contributed by atoms with Gasteiger partial charge in [-0.3, -0.25) is 0 Å². The van der Waals surface area contributed by atoms with Gasteiger partial charge < -0.3 is 14.6 Å². The SMILES string of the molecule is CC[C@@]1(C)C[C@H]([C@@H](CC(=O)[O-])c2ccc(C)cc2)CCO1. The molecule has 1 aromatic carbocycles. The molecule has 1 aliphatic rings. The zero-order valence-electron chi connectivity index (χ0n) is 13.2. The number of aryl methyl sites for hydroxylation is 1. The minimum atomic E-state index is -0.967. The molecule has 0 radical (unpaired) electrons. The summed E-state index contributed by atoms with van der Waals surface area (Å²) in [6.45, 7) is 7.01. The van der Waals surface area contributed by atoms with Crippen LogP contribution in [0.25, 0.3) is 0 Å². The maximum absolute atomic E-state index is 11.2. The van der Waals surface area contributed by atoms with Crippen LogP contribution < -0.4 is 5.11 Å². The van der Waals surface area contributed by atoms with E-state index in [0.29, 0.717) is 12.5 Å². The van der Waals surface area contributed by atoms with E-state index in [2.05, 4.69) is 38.1 Å². The van der Waals surface area contributed by atoms with Crippen molar-refractivity contribution >= 4 is 5.97 Å². The second kappa shape index (κ2) is 6.61. The van der Waals surface area contributed by atoms with Gasteiger partial charge >= 0.3 is 0 Å². The van der Waals surface area contributed by atoms with Crippen molar-refractivity contribution in [1.82, 2.24) is 0 Å². The van der Waals surface area contributed by atoms with Gasteiger partial charge in [0.25, 0.3) is 0 Å². The summed E-state index contributed by atoms with van der Waals surface area (Å²) in [5.74, 6) is -0.611. The Morgan fingerprint density at radius 2 is 2.10 bits per heavy atom.